The summed E-state index contributed by atoms with van der Waals surface area (Å²) >= 11 is 0. The molecule has 0 saturated heterocycles. The van der Waals surface area contributed by atoms with Gasteiger partial charge in [0, 0.05) is 48.9 Å². The Morgan fingerprint density at radius 2 is 2.00 bits per heavy atom. The summed E-state index contributed by atoms with van der Waals surface area (Å²) in [5.74, 6) is -1.89. The summed E-state index contributed by atoms with van der Waals surface area (Å²) in [6.07, 6.45) is 2.53. The second-order valence-electron chi connectivity index (χ2n) is 7.92. The molecule has 0 bridgehead atoms. The number of hydrogen-bond donors (Lipinski definition) is 1. The van der Waals surface area contributed by atoms with Crippen LogP contribution in [0.5, 0.6) is 5.75 Å². The minimum atomic E-state index is -0.900. The van der Waals surface area contributed by atoms with Crippen molar-refractivity contribution in [2.24, 2.45) is 5.92 Å². The van der Waals surface area contributed by atoms with Gasteiger partial charge in [0.15, 0.2) is 17.5 Å². The molecule has 6 nitrogen and oxygen atoms in total. The number of benzene rings is 2. The lowest BCUT2D eigenvalue weighted by Crippen LogP contribution is -2.36. The molecule has 0 radical (unpaired) electrons. The topological polar surface area (TPSA) is 75.5 Å². The van der Waals surface area contributed by atoms with E-state index in [2.05, 4.69) is 9.88 Å². The summed E-state index contributed by atoms with van der Waals surface area (Å²) in [7, 11) is 0. The number of carboxylic acid groups (broad SMARTS) is 1. The molecule has 1 aliphatic heterocycles. The number of ether oxygens (including phenoxy) is 1. The Bertz CT molecular complexity index is 1120. The van der Waals surface area contributed by atoms with Crippen molar-refractivity contribution in [3.05, 3.63) is 77.1 Å². The Kier molecular flexibility index (Phi) is 6.41. The van der Waals surface area contributed by atoms with Gasteiger partial charge in [0.05, 0.1) is 11.6 Å². The number of aromatic nitrogens is 2. The van der Waals surface area contributed by atoms with Crippen LogP contribution in [0.1, 0.15) is 23.7 Å². The highest BCUT2D eigenvalue weighted by atomic mass is 19.2. The number of aliphatic carboxylic acids is 1. The largest absolute Gasteiger partial charge is 0.489 e. The molecule has 1 unspecified atom stereocenters. The van der Waals surface area contributed by atoms with Gasteiger partial charge in [-0.05, 0) is 30.3 Å². The fraction of sp³-hybridized carbons (Fsp3) is 0.292. The van der Waals surface area contributed by atoms with Gasteiger partial charge < -0.3 is 9.84 Å². The minimum absolute atomic E-state index is 0.0741. The fourth-order valence-corrected chi connectivity index (χ4v) is 3.66. The van der Waals surface area contributed by atoms with Gasteiger partial charge in [-0.1, -0.05) is 19.1 Å². The van der Waals surface area contributed by atoms with Crippen LogP contribution in [0.25, 0.3) is 11.4 Å². The Balaban J connectivity index is 1.40. The standard InChI is InChI=1S/C24H23F2N3O3/c1-15(24(30)31)12-29-10-9-21-18(13-29)11-27-23(28-21)16-5-7-19(8-6-16)32-14-17-3-2-4-20(25)22(17)26/h2-8,11,15H,9-10,12-14H2,1H3,(H,30,31). The molecule has 4 rings (SSSR count). The molecule has 0 spiro atoms. The van der Waals surface area contributed by atoms with Gasteiger partial charge in [-0.2, -0.15) is 0 Å². The number of rotatable bonds is 7. The van der Waals surface area contributed by atoms with E-state index in [1.807, 2.05) is 12.1 Å². The molecule has 1 aliphatic rings. The Labute approximate surface area is 184 Å². The van der Waals surface area contributed by atoms with Crippen LogP contribution in [-0.4, -0.2) is 39.0 Å². The lowest BCUT2D eigenvalue weighted by molar-refractivity contribution is -0.141. The number of carboxylic acids is 1. The normalized spacial score (nSPS) is 14.6. The molecule has 0 aliphatic carbocycles. The van der Waals surface area contributed by atoms with Crippen LogP contribution >= 0.6 is 0 Å². The predicted molar refractivity (Wildman–Crippen MR) is 114 cm³/mol. The maximum atomic E-state index is 13.7. The maximum Gasteiger partial charge on any atom is 0.307 e. The summed E-state index contributed by atoms with van der Waals surface area (Å²) in [6, 6.07) is 11.1. The molecule has 32 heavy (non-hydrogen) atoms. The van der Waals surface area contributed by atoms with Crippen molar-refractivity contribution in [1.82, 2.24) is 14.9 Å². The molecule has 8 heteroatoms. The van der Waals surface area contributed by atoms with E-state index in [4.69, 9.17) is 14.8 Å². The number of nitrogens with zero attached hydrogens (tertiary/aromatic N) is 3. The molecule has 0 amide bonds. The maximum absolute atomic E-state index is 13.7. The average Bonchev–Trinajstić information content (AvgIpc) is 2.80. The van der Waals surface area contributed by atoms with Crippen LogP contribution in [0.4, 0.5) is 8.78 Å². The summed E-state index contributed by atoms with van der Waals surface area (Å²) in [5, 5.41) is 9.11. The molecule has 1 atom stereocenters. The third kappa shape index (κ3) is 4.91. The first-order chi connectivity index (χ1) is 15.4. The molecule has 2 aromatic carbocycles. The fourth-order valence-electron chi connectivity index (χ4n) is 3.66. The number of hydrogen-bond acceptors (Lipinski definition) is 5. The van der Waals surface area contributed by atoms with E-state index in [0.29, 0.717) is 24.7 Å². The first-order valence-corrected chi connectivity index (χ1v) is 10.4. The second-order valence-corrected chi connectivity index (χ2v) is 7.92. The first kappa shape index (κ1) is 21.8. The van der Waals surface area contributed by atoms with E-state index in [0.717, 1.165) is 35.9 Å². The highest BCUT2D eigenvalue weighted by molar-refractivity contribution is 5.69. The zero-order valence-corrected chi connectivity index (χ0v) is 17.6. The van der Waals surface area contributed by atoms with Crippen molar-refractivity contribution >= 4 is 5.97 Å². The van der Waals surface area contributed by atoms with Gasteiger partial charge in [-0.25, -0.2) is 18.7 Å². The molecule has 0 saturated carbocycles. The quantitative estimate of drug-likeness (QED) is 0.598. The van der Waals surface area contributed by atoms with Crippen molar-refractivity contribution in [1.29, 1.82) is 0 Å². The molecule has 3 aromatic rings. The Morgan fingerprint density at radius 3 is 2.75 bits per heavy atom. The van der Waals surface area contributed by atoms with Crippen LogP contribution in [0, 0.1) is 17.6 Å². The number of fused-ring (bicyclic) bond motifs is 1. The summed E-state index contributed by atoms with van der Waals surface area (Å²) < 4.78 is 32.6. The highest BCUT2D eigenvalue weighted by Gasteiger charge is 2.22. The molecule has 166 valence electrons. The Morgan fingerprint density at radius 1 is 1.22 bits per heavy atom. The van der Waals surface area contributed by atoms with Crippen molar-refractivity contribution in [3.63, 3.8) is 0 Å². The average molecular weight is 439 g/mol. The van der Waals surface area contributed by atoms with Gasteiger partial charge in [0.25, 0.3) is 0 Å². The van der Waals surface area contributed by atoms with Gasteiger partial charge >= 0.3 is 5.97 Å². The number of carbonyl (C=O) groups is 1. The van der Waals surface area contributed by atoms with Crippen LogP contribution in [0.15, 0.2) is 48.7 Å². The predicted octanol–water partition coefficient (Wildman–Crippen LogP) is 4.08. The molecular weight excluding hydrogens is 416 g/mol. The zero-order chi connectivity index (χ0) is 22.7. The smallest absolute Gasteiger partial charge is 0.307 e. The lowest BCUT2D eigenvalue weighted by atomic mass is 10.0. The van der Waals surface area contributed by atoms with E-state index >= 15 is 0 Å². The van der Waals surface area contributed by atoms with Gasteiger partial charge in [0.2, 0.25) is 0 Å². The third-order valence-electron chi connectivity index (χ3n) is 5.51. The monoisotopic (exact) mass is 439 g/mol. The van der Waals surface area contributed by atoms with Crippen molar-refractivity contribution in [2.45, 2.75) is 26.5 Å². The summed E-state index contributed by atoms with van der Waals surface area (Å²) in [4.78, 5) is 22.4. The van der Waals surface area contributed by atoms with Crippen LogP contribution in [0.2, 0.25) is 0 Å². The van der Waals surface area contributed by atoms with Crippen molar-refractivity contribution in [3.8, 4) is 17.1 Å². The van der Waals surface area contributed by atoms with Gasteiger partial charge in [0.1, 0.15) is 12.4 Å². The summed E-state index contributed by atoms with van der Waals surface area (Å²) in [5.41, 5.74) is 2.95. The van der Waals surface area contributed by atoms with Crippen LogP contribution in [0.3, 0.4) is 0 Å². The lowest BCUT2D eigenvalue weighted by Gasteiger charge is -2.29. The van der Waals surface area contributed by atoms with E-state index in [1.165, 1.54) is 12.1 Å². The Hall–Kier alpha value is -3.39. The van der Waals surface area contributed by atoms with Crippen LogP contribution < -0.4 is 4.74 Å². The number of halogens is 2. The first-order valence-electron chi connectivity index (χ1n) is 10.4. The van der Waals surface area contributed by atoms with E-state index in [-0.39, 0.29) is 12.2 Å². The van der Waals surface area contributed by atoms with Gasteiger partial charge in [-0.15, -0.1) is 0 Å². The SMILES string of the molecule is CC(CN1CCc2nc(-c3ccc(OCc4cccc(F)c4F)cc3)ncc2C1)C(=O)O. The molecule has 2 heterocycles. The van der Waals surface area contributed by atoms with Crippen molar-refractivity contribution in [2.75, 3.05) is 13.1 Å². The third-order valence-corrected chi connectivity index (χ3v) is 5.51. The van der Waals surface area contributed by atoms with E-state index < -0.39 is 23.5 Å². The molecule has 1 aromatic heterocycles. The van der Waals surface area contributed by atoms with Crippen molar-refractivity contribution < 1.29 is 23.4 Å². The molecule has 1 N–H and O–H groups in total. The molecular formula is C24H23F2N3O3. The van der Waals surface area contributed by atoms with E-state index in [1.54, 1.807) is 25.3 Å². The highest BCUT2D eigenvalue weighted by Crippen LogP contribution is 2.24. The zero-order valence-electron chi connectivity index (χ0n) is 17.6. The summed E-state index contributed by atoms with van der Waals surface area (Å²) in [6.45, 7) is 3.52. The molecule has 0 fully saturated rings. The van der Waals surface area contributed by atoms with E-state index in [9.17, 15) is 13.6 Å². The second kappa shape index (κ2) is 9.40. The van der Waals surface area contributed by atoms with Crippen LogP contribution in [-0.2, 0) is 24.4 Å². The van der Waals surface area contributed by atoms with Gasteiger partial charge in [-0.3, -0.25) is 9.69 Å². The minimum Gasteiger partial charge on any atom is -0.489 e.